The van der Waals surface area contributed by atoms with Gasteiger partial charge in [0.25, 0.3) is 0 Å². The zero-order valence-corrected chi connectivity index (χ0v) is 16.8. The van der Waals surface area contributed by atoms with Crippen LogP contribution >= 0.6 is 0 Å². The molecule has 0 bridgehead atoms. The molecule has 1 unspecified atom stereocenters. The molecule has 2 heterocycles. The van der Waals surface area contributed by atoms with E-state index in [0.717, 1.165) is 12.1 Å². The van der Waals surface area contributed by atoms with Crippen LogP contribution in [0.2, 0.25) is 0 Å². The normalized spacial score (nSPS) is 17.6. The Morgan fingerprint density at radius 3 is 2.38 bits per heavy atom. The van der Waals surface area contributed by atoms with Crippen molar-refractivity contribution in [1.82, 2.24) is 14.8 Å². The van der Waals surface area contributed by atoms with Crippen molar-refractivity contribution in [2.75, 3.05) is 7.11 Å². The lowest BCUT2D eigenvalue weighted by Gasteiger charge is -2.23. The van der Waals surface area contributed by atoms with Crippen molar-refractivity contribution in [3.63, 3.8) is 0 Å². The maximum Gasteiger partial charge on any atom is 0.417 e. The molecule has 0 spiro atoms. The summed E-state index contributed by atoms with van der Waals surface area (Å²) in [4.78, 5) is 36.2. The topological polar surface area (TPSA) is 132 Å². The Kier molecular flexibility index (Phi) is 7.18. The van der Waals surface area contributed by atoms with Crippen LogP contribution in [0.1, 0.15) is 29.3 Å². The number of ether oxygens (including phenoxy) is 1. The average molecular weight is 453 g/mol. The van der Waals surface area contributed by atoms with Gasteiger partial charge in [0.05, 0.1) is 29.8 Å². The van der Waals surface area contributed by atoms with E-state index in [1.165, 1.54) is 49.3 Å². The molecule has 0 aromatic carbocycles. The van der Waals surface area contributed by atoms with Crippen molar-refractivity contribution in [3.8, 4) is 5.82 Å². The number of allylic oxidation sites excluding steroid dienone is 2. The van der Waals surface area contributed by atoms with Crippen molar-refractivity contribution in [2.24, 2.45) is 5.41 Å². The van der Waals surface area contributed by atoms with E-state index in [-0.39, 0.29) is 23.4 Å². The number of hydrogen-bond acceptors (Lipinski definition) is 6. The SMILES string of the molecule is CC1(C(=O)O)C=CC=C(C(=O)O)C1.COC(=O)c1cnn(-c2ccc(C(F)(F)F)cn2)c1. The summed E-state index contributed by atoms with van der Waals surface area (Å²) >= 11 is 0. The van der Waals surface area contributed by atoms with Crippen LogP contribution in [0.4, 0.5) is 13.2 Å². The summed E-state index contributed by atoms with van der Waals surface area (Å²) in [5.74, 6) is -2.48. The largest absolute Gasteiger partial charge is 0.481 e. The molecule has 2 aromatic rings. The first kappa shape index (κ1) is 24.3. The number of hydrogen-bond donors (Lipinski definition) is 2. The fourth-order valence-corrected chi connectivity index (χ4v) is 2.54. The molecule has 1 aliphatic carbocycles. The van der Waals surface area contributed by atoms with Gasteiger partial charge in [0.1, 0.15) is 0 Å². The predicted molar refractivity (Wildman–Crippen MR) is 103 cm³/mol. The lowest BCUT2D eigenvalue weighted by molar-refractivity contribution is -0.145. The lowest BCUT2D eigenvalue weighted by Crippen LogP contribution is -2.28. The second kappa shape index (κ2) is 9.45. The van der Waals surface area contributed by atoms with Gasteiger partial charge in [-0.3, -0.25) is 4.79 Å². The molecule has 1 atom stereocenters. The average Bonchev–Trinajstić information content (AvgIpc) is 3.23. The summed E-state index contributed by atoms with van der Waals surface area (Å²) in [7, 11) is 1.22. The summed E-state index contributed by atoms with van der Waals surface area (Å²) in [6, 6.07) is 2.05. The molecule has 32 heavy (non-hydrogen) atoms. The van der Waals surface area contributed by atoms with Gasteiger partial charge in [-0.15, -0.1) is 0 Å². The van der Waals surface area contributed by atoms with Crippen molar-refractivity contribution < 1.29 is 42.5 Å². The van der Waals surface area contributed by atoms with Gasteiger partial charge in [-0.05, 0) is 25.5 Å². The number of pyridine rings is 1. The number of rotatable bonds is 4. The molecular weight excluding hydrogens is 435 g/mol. The second-order valence-electron chi connectivity index (χ2n) is 6.82. The van der Waals surface area contributed by atoms with Gasteiger partial charge in [0, 0.05) is 18.0 Å². The van der Waals surface area contributed by atoms with E-state index in [2.05, 4.69) is 14.8 Å². The van der Waals surface area contributed by atoms with E-state index in [1.807, 2.05) is 0 Å². The fourth-order valence-electron chi connectivity index (χ4n) is 2.54. The van der Waals surface area contributed by atoms with Gasteiger partial charge in [-0.1, -0.05) is 18.2 Å². The molecule has 170 valence electrons. The number of carbonyl (C=O) groups is 3. The molecule has 0 saturated heterocycles. The molecule has 0 aliphatic heterocycles. The molecular formula is C20H18F3N3O6. The summed E-state index contributed by atoms with van der Waals surface area (Å²) < 4.78 is 42.7. The molecule has 0 saturated carbocycles. The Morgan fingerprint density at radius 2 is 1.88 bits per heavy atom. The number of carboxylic acid groups (broad SMARTS) is 2. The summed E-state index contributed by atoms with van der Waals surface area (Å²) in [5, 5.41) is 21.3. The quantitative estimate of drug-likeness (QED) is 0.675. The van der Waals surface area contributed by atoms with Crippen molar-refractivity contribution >= 4 is 17.9 Å². The minimum absolute atomic E-state index is 0.0359. The summed E-state index contributed by atoms with van der Waals surface area (Å²) in [6.45, 7) is 1.50. The third-order valence-electron chi connectivity index (χ3n) is 4.40. The zero-order valence-electron chi connectivity index (χ0n) is 16.8. The van der Waals surface area contributed by atoms with Gasteiger partial charge in [-0.25, -0.2) is 19.3 Å². The van der Waals surface area contributed by atoms with Crippen LogP contribution in [-0.2, 0) is 20.5 Å². The smallest absolute Gasteiger partial charge is 0.417 e. The van der Waals surface area contributed by atoms with Crippen LogP contribution in [-0.4, -0.2) is 50.0 Å². The fraction of sp³-hybridized carbons (Fsp3) is 0.250. The highest BCUT2D eigenvalue weighted by molar-refractivity contribution is 5.90. The Bertz CT molecular complexity index is 1070. The van der Waals surface area contributed by atoms with Crippen molar-refractivity contribution in [2.45, 2.75) is 19.5 Å². The number of nitrogens with zero attached hydrogens (tertiary/aromatic N) is 3. The third-order valence-corrected chi connectivity index (χ3v) is 4.40. The maximum atomic E-state index is 12.4. The molecule has 3 rings (SSSR count). The molecule has 2 aromatic heterocycles. The highest BCUT2D eigenvalue weighted by atomic mass is 19.4. The lowest BCUT2D eigenvalue weighted by atomic mass is 9.80. The van der Waals surface area contributed by atoms with E-state index in [1.54, 1.807) is 0 Å². The van der Waals surface area contributed by atoms with Crippen LogP contribution < -0.4 is 0 Å². The Labute approximate surface area is 179 Å². The van der Waals surface area contributed by atoms with Crippen LogP contribution in [0.5, 0.6) is 0 Å². The second-order valence-corrected chi connectivity index (χ2v) is 6.82. The van der Waals surface area contributed by atoms with Gasteiger partial charge < -0.3 is 14.9 Å². The number of esters is 1. The molecule has 1 aliphatic rings. The van der Waals surface area contributed by atoms with Crippen LogP contribution in [0.15, 0.2) is 54.5 Å². The maximum absolute atomic E-state index is 12.4. The first-order valence-corrected chi connectivity index (χ1v) is 8.89. The van der Waals surface area contributed by atoms with Gasteiger partial charge in [0.15, 0.2) is 5.82 Å². The first-order valence-electron chi connectivity index (χ1n) is 8.89. The number of methoxy groups -OCH3 is 1. The van der Waals surface area contributed by atoms with Crippen molar-refractivity contribution in [3.05, 3.63) is 65.7 Å². The zero-order chi connectivity index (χ0) is 24.1. The summed E-state index contributed by atoms with van der Waals surface area (Å²) in [6.07, 6.45) is 3.26. The number of aromatic nitrogens is 3. The number of alkyl halides is 3. The number of carbonyl (C=O) groups excluding carboxylic acids is 1. The Morgan fingerprint density at radius 1 is 1.19 bits per heavy atom. The van der Waals surface area contributed by atoms with Crippen LogP contribution in [0.3, 0.4) is 0 Å². The van der Waals surface area contributed by atoms with E-state index in [9.17, 15) is 27.6 Å². The van der Waals surface area contributed by atoms with Gasteiger partial charge in [-0.2, -0.15) is 18.3 Å². The summed E-state index contributed by atoms with van der Waals surface area (Å²) in [5.41, 5.74) is -1.61. The molecule has 12 heteroatoms. The van der Waals surface area contributed by atoms with E-state index in [0.29, 0.717) is 6.20 Å². The number of carboxylic acids is 2. The van der Waals surface area contributed by atoms with Crippen molar-refractivity contribution in [1.29, 1.82) is 0 Å². The first-order chi connectivity index (χ1) is 14.9. The highest BCUT2D eigenvalue weighted by Gasteiger charge is 2.34. The standard InChI is InChI=1S/C11H8F3N3O2.C9H10O4/c1-19-10(18)7-4-16-17(6-7)9-3-2-8(5-15-9)11(12,13)14;1-9(8(12)13)4-2-3-6(5-9)7(10)11/h2-6H,1H3;2-4H,5H2,1H3,(H,10,11)(H,12,13). The van der Waals surface area contributed by atoms with Crippen LogP contribution in [0.25, 0.3) is 5.82 Å². The number of aliphatic carboxylic acids is 2. The van der Waals surface area contributed by atoms with Gasteiger partial charge in [0.2, 0.25) is 0 Å². The molecule has 9 nitrogen and oxygen atoms in total. The van der Waals surface area contributed by atoms with Crippen LogP contribution in [0, 0.1) is 5.41 Å². The molecule has 0 radical (unpaired) electrons. The minimum atomic E-state index is -4.44. The van der Waals surface area contributed by atoms with E-state index >= 15 is 0 Å². The highest BCUT2D eigenvalue weighted by Crippen LogP contribution is 2.31. The predicted octanol–water partition coefficient (Wildman–Crippen LogP) is 3.12. The monoisotopic (exact) mass is 453 g/mol. The third kappa shape index (κ3) is 5.80. The van der Waals surface area contributed by atoms with Gasteiger partial charge >= 0.3 is 24.1 Å². The van der Waals surface area contributed by atoms with E-state index in [4.69, 9.17) is 10.2 Å². The molecule has 2 N–H and O–H groups in total. The molecule has 0 amide bonds. The van der Waals surface area contributed by atoms with E-state index < -0.39 is 35.1 Å². The Balaban J connectivity index is 0.000000244. The Hall–Kier alpha value is -3.96. The molecule has 0 fully saturated rings. The number of halogens is 3. The minimum Gasteiger partial charge on any atom is -0.481 e.